The molecule has 2 fully saturated rings. The van der Waals surface area contributed by atoms with Gasteiger partial charge in [0.1, 0.15) is 0 Å². The van der Waals surface area contributed by atoms with Gasteiger partial charge in [0.2, 0.25) is 0 Å². The van der Waals surface area contributed by atoms with E-state index in [4.69, 9.17) is 5.73 Å². The molecule has 2 aliphatic rings. The molecule has 0 spiro atoms. The summed E-state index contributed by atoms with van der Waals surface area (Å²) < 4.78 is 0. The average molecular weight is 224 g/mol. The van der Waals surface area contributed by atoms with Gasteiger partial charge in [0.15, 0.2) is 5.96 Å². The maximum Gasteiger partial charge on any atom is 0.191 e. The molecule has 1 aliphatic heterocycles. The lowest BCUT2D eigenvalue weighted by Gasteiger charge is -2.33. The Morgan fingerprint density at radius 2 is 1.88 bits per heavy atom. The third-order valence-corrected chi connectivity index (χ3v) is 3.42. The Bertz CT molecular complexity index is 250. The lowest BCUT2D eigenvalue weighted by Crippen LogP contribution is -2.44. The van der Waals surface area contributed by atoms with E-state index < -0.39 is 0 Å². The van der Waals surface area contributed by atoms with Crippen molar-refractivity contribution in [2.45, 2.75) is 31.7 Å². The molecule has 0 atom stereocenters. The molecule has 0 unspecified atom stereocenters. The highest BCUT2D eigenvalue weighted by Crippen LogP contribution is 2.24. The second-order valence-corrected chi connectivity index (χ2v) is 5.41. The highest BCUT2D eigenvalue weighted by atomic mass is 15.3. The normalized spacial score (nSPS) is 24.2. The highest BCUT2D eigenvalue weighted by molar-refractivity contribution is 5.78. The summed E-state index contributed by atoms with van der Waals surface area (Å²) in [4.78, 5) is 9.04. The molecule has 4 heteroatoms. The van der Waals surface area contributed by atoms with E-state index in [1.807, 2.05) is 0 Å². The van der Waals surface area contributed by atoms with Crippen molar-refractivity contribution in [3.8, 4) is 0 Å². The van der Waals surface area contributed by atoms with Gasteiger partial charge in [0.05, 0.1) is 6.04 Å². The number of hydrogen-bond donors (Lipinski definition) is 1. The standard InChI is InChI=1S/C12H24N4/c1-15(2)9-10-5-7-16(8-6-10)12(13)14-11-3-4-11/h10-11H,3-9H2,1-2H3,(H2,13,14). The van der Waals surface area contributed by atoms with E-state index in [0.29, 0.717) is 6.04 Å². The summed E-state index contributed by atoms with van der Waals surface area (Å²) in [7, 11) is 4.30. The fourth-order valence-corrected chi connectivity index (χ4v) is 2.33. The number of nitrogens with two attached hydrogens (primary N) is 1. The molecule has 0 aromatic carbocycles. The first kappa shape index (κ1) is 11.7. The number of hydrogen-bond acceptors (Lipinski definition) is 2. The molecule has 0 aromatic heterocycles. The van der Waals surface area contributed by atoms with E-state index in [2.05, 4.69) is 28.9 Å². The molecule has 1 heterocycles. The van der Waals surface area contributed by atoms with Crippen molar-refractivity contribution in [3.05, 3.63) is 0 Å². The fourth-order valence-electron chi connectivity index (χ4n) is 2.33. The minimum Gasteiger partial charge on any atom is -0.370 e. The van der Waals surface area contributed by atoms with E-state index in [9.17, 15) is 0 Å². The maximum absolute atomic E-state index is 6.00. The Morgan fingerprint density at radius 1 is 1.25 bits per heavy atom. The van der Waals surface area contributed by atoms with Crippen LogP contribution in [0.4, 0.5) is 0 Å². The SMILES string of the molecule is CN(C)CC1CCN(C(N)=NC2CC2)CC1. The Labute approximate surface area is 98.5 Å². The zero-order valence-electron chi connectivity index (χ0n) is 10.5. The van der Waals surface area contributed by atoms with E-state index >= 15 is 0 Å². The molecule has 0 aromatic rings. The predicted octanol–water partition coefficient (Wildman–Crippen LogP) is 0.737. The first-order chi connectivity index (χ1) is 7.65. The largest absolute Gasteiger partial charge is 0.370 e. The van der Waals surface area contributed by atoms with Crippen LogP contribution in [0, 0.1) is 5.92 Å². The van der Waals surface area contributed by atoms with Crippen LogP contribution in [0.3, 0.4) is 0 Å². The molecule has 0 radical (unpaired) electrons. The van der Waals surface area contributed by atoms with E-state index in [1.54, 1.807) is 0 Å². The molecule has 16 heavy (non-hydrogen) atoms. The van der Waals surface area contributed by atoms with Crippen LogP contribution in [0.1, 0.15) is 25.7 Å². The number of nitrogens with zero attached hydrogens (tertiary/aromatic N) is 3. The van der Waals surface area contributed by atoms with Gasteiger partial charge in [-0.1, -0.05) is 0 Å². The first-order valence-corrected chi connectivity index (χ1v) is 6.38. The minimum atomic E-state index is 0.541. The molecule has 0 amide bonds. The van der Waals surface area contributed by atoms with Gasteiger partial charge in [-0.25, -0.2) is 4.99 Å². The summed E-state index contributed by atoms with van der Waals surface area (Å²) >= 11 is 0. The van der Waals surface area contributed by atoms with Crippen molar-refractivity contribution >= 4 is 5.96 Å². The van der Waals surface area contributed by atoms with Crippen molar-refractivity contribution in [2.75, 3.05) is 33.7 Å². The number of aliphatic imine (C=N–C) groups is 1. The topological polar surface area (TPSA) is 44.9 Å². The Hall–Kier alpha value is -0.770. The molecule has 0 bridgehead atoms. The first-order valence-electron chi connectivity index (χ1n) is 6.38. The van der Waals surface area contributed by atoms with Gasteiger partial charge >= 0.3 is 0 Å². The summed E-state index contributed by atoms with van der Waals surface area (Å²) in [5.41, 5.74) is 6.00. The molecule has 2 rings (SSSR count). The van der Waals surface area contributed by atoms with Gasteiger partial charge in [0.25, 0.3) is 0 Å². The lowest BCUT2D eigenvalue weighted by molar-refractivity contribution is 0.217. The van der Waals surface area contributed by atoms with Gasteiger partial charge in [0, 0.05) is 19.6 Å². The summed E-state index contributed by atoms with van der Waals surface area (Å²) in [5, 5.41) is 0. The zero-order chi connectivity index (χ0) is 11.5. The van der Waals surface area contributed by atoms with Crippen LogP contribution in [0.15, 0.2) is 4.99 Å². The Kier molecular flexibility index (Phi) is 3.69. The number of rotatable bonds is 3. The van der Waals surface area contributed by atoms with Crippen LogP contribution in [-0.4, -0.2) is 55.5 Å². The molecule has 92 valence electrons. The van der Waals surface area contributed by atoms with Crippen LogP contribution in [-0.2, 0) is 0 Å². The van der Waals surface area contributed by atoms with Crippen molar-refractivity contribution in [1.82, 2.24) is 9.80 Å². The molecule has 1 saturated carbocycles. The Morgan fingerprint density at radius 3 is 2.38 bits per heavy atom. The van der Waals surface area contributed by atoms with Crippen molar-refractivity contribution in [1.29, 1.82) is 0 Å². The maximum atomic E-state index is 6.00. The smallest absolute Gasteiger partial charge is 0.191 e. The van der Waals surface area contributed by atoms with E-state index in [0.717, 1.165) is 25.0 Å². The summed E-state index contributed by atoms with van der Waals surface area (Å²) in [6.45, 7) is 3.37. The molecular formula is C12H24N4. The van der Waals surface area contributed by atoms with Crippen LogP contribution >= 0.6 is 0 Å². The lowest BCUT2D eigenvalue weighted by atomic mass is 9.97. The van der Waals surface area contributed by atoms with Gasteiger partial charge in [-0.05, 0) is 45.7 Å². The third-order valence-electron chi connectivity index (χ3n) is 3.42. The number of guanidine groups is 1. The second-order valence-electron chi connectivity index (χ2n) is 5.41. The van der Waals surface area contributed by atoms with Crippen molar-refractivity contribution in [2.24, 2.45) is 16.6 Å². The monoisotopic (exact) mass is 224 g/mol. The molecule has 4 nitrogen and oxygen atoms in total. The van der Waals surface area contributed by atoms with Crippen LogP contribution in [0.5, 0.6) is 0 Å². The van der Waals surface area contributed by atoms with Crippen LogP contribution in [0.25, 0.3) is 0 Å². The number of likely N-dealkylation sites (tertiary alicyclic amines) is 1. The van der Waals surface area contributed by atoms with Crippen molar-refractivity contribution < 1.29 is 0 Å². The van der Waals surface area contributed by atoms with Crippen LogP contribution in [0.2, 0.25) is 0 Å². The third kappa shape index (κ3) is 3.37. The van der Waals surface area contributed by atoms with Gasteiger partial charge < -0.3 is 15.5 Å². The molecular weight excluding hydrogens is 200 g/mol. The van der Waals surface area contributed by atoms with Gasteiger partial charge in [-0.2, -0.15) is 0 Å². The Balaban J connectivity index is 1.75. The van der Waals surface area contributed by atoms with E-state index in [1.165, 1.54) is 32.2 Å². The average Bonchev–Trinajstić information content (AvgIpc) is 3.01. The molecule has 1 aliphatic carbocycles. The van der Waals surface area contributed by atoms with E-state index in [-0.39, 0.29) is 0 Å². The summed E-state index contributed by atoms with van der Waals surface area (Å²) in [5.74, 6) is 1.62. The summed E-state index contributed by atoms with van der Waals surface area (Å²) in [6, 6.07) is 0.541. The van der Waals surface area contributed by atoms with Gasteiger partial charge in [-0.3, -0.25) is 0 Å². The summed E-state index contributed by atoms with van der Waals surface area (Å²) in [6.07, 6.45) is 4.97. The number of piperidine rings is 1. The fraction of sp³-hybridized carbons (Fsp3) is 0.917. The second kappa shape index (κ2) is 5.04. The van der Waals surface area contributed by atoms with Crippen LogP contribution < -0.4 is 5.73 Å². The van der Waals surface area contributed by atoms with Gasteiger partial charge in [-0.15, -0.1) is 0 Å². The highest BCUT2D eigenvalue weighted by Gasteiger charge is 2.24. The zero-order valence-corrected chi connectivity index (χ0v) is 10.5. The quantitative estimate of drug-likeness (QED) is 0.568. The predicted molar refractivity (Wildman–Crippen MR) is 67.5 cm³/mol. The minimum absolute atomic E-state index is 0.541. The molecule has 1 saturated heterocycles. The molecule has 2 N–H and O–H groups in total. The van der Waals surface area contributed by atoms with Crippen molar-refractivity contribution in [3.63, 3.8) is 0 Å².